The van der Waals surface area contributed by atoms with Crippen LogP contribution >= 0.6 is 0 Å². The smallest absolute Gasteiger partial charge is 0.252 e. The van der Waals surface area contributed by atoms with Crippen molar-refractivity contribution in [2.75, 3.05) is 0 Å². The molecule has 2 N–H and O–H groups in total. The van der Waals surface area contributed by atoms with Crippen LogP contribution < -0.4 is 5.32 Å². The zero-order valence-electron chi connectivity index (χ0n) is 13.9. The molecule has 6 heteroatoms. The molecule has 1 aliphatic carbocycles. The summed E-state index contributed by atoms with van der Waals surface area (Å²) in [5.41, 5.74) is 2.10. The molecule has 0 spiro atoms. The number of aliphatic hydroxyl groups is 1. The topological polar surface area (TPSA) is 80.0 Å². The van der Waals surface area contributed by atoms with E-state index in [1.807, 2.05) is 25.5 Å². The number of pyridine rings is 1. The lowest BCUT2D eigenvalue weighted by molar-refractivity contribution is 0.0718. The van der Waals surface area contributed by atoms with Gasteiger partial charge in [-0.2, -0.15) is 5.10 Å². The van der Waals surface area contributed by atoms with Crippen LogP contribution in [0, 0.1) is 6.92 Å². The summed E-state index contributed by atoms with van der Waals surface area (Å²) in [5.74, 6) is -0.158. The third-order valence-electron chi connectivity index (χ3n) is 4.47. The van der Waals surface area contributed by atoms with Gasteiger partial charge in [0.15, 0.2) is 5.65 Å². The molecule has 1 fully saturated rings. The molecular weight excluding hydrogens is 292 g/mol. The van der Waals surface area contributed by atoms with Gasteiger partial charge in [0.05, 0.1) is 29.3 Å². The minimum Gasteiger partial charge on any atom is -0.391 e. The van der Waals surface area contributed by atoms with Gasteiger partial charge in [0, 0.05) is 11.7 Å². The number of fused-ring (bicyclic) bond motifs is 1. The van der Waals surface area contributed by atoms with E-state index in [0.29, 0.717) is 5.56 Å². The van der Waals surface area contributed by atoms with Crippen molar-refractivity contribution in [2.45, 2.75) is 64.6 Å². The second-order valence-electron chi connectivity index (χ2n) is 6.66. The third kappa shape index (κ3) is 3.08. The number of carbonyl (C=O) groups excluding carboxylic acids is 1. The fourth-order valence-electron chi connectivity index (χ4n) is 3.23. The van der Waals surface area contributed by atoms with Crippen molar-refractivity contribution in [2.24, 2.45) is 0 Å². The van der Waals surface area contributed by atoms with Crippen molar-refractivity contribution >= 4 is 16.9 Å². The summed E-state index contributed by atoms with van der Waals surface area (Å²) < 4.78 is 1.83. The highest BCUT2D eigenvalue weighted by Gasteiger charge is 2.26. The van der Waals surface area contributed by atoms with Crippen LogP contribution in [-0.2, 0) is 0 Å². The van der Waals surface area contributed by atoms with Crippen LogP contribution in [0.1, 0.15) is 61.6 Å². The van der Waals surface area contributed by atoms with Gasteiger partial charge >= 0.3 is 0 Å². The molecule has 2 aromatic rings. The Labute approximate surface area is 135 Å². The number of aryl methyl sites for hydroxylation is 1. The Bertz CT molecular complexity index is 723. The predicted octanol–water partition coefficient (Wildman–Crippen LogP) is 2.35. The summed E-state index contributed by atoms with van der Waals surface area (Å²) in [6, 6.07) is 1.80. The van der Waals surface area contributed by atoms with E-state index in [4.69, 9.17) is 0 Å². The molecule has 6 nitrogen and oxygen atoms in total. The molecule has 0 aromatic carbocycles. The van der Waals surface area contributed by atoms with Crippen molar-refractivity contribution in [3.05, 3.63) is 23.5 Å². The normalized spacial score (nSPS) is 21.8. The number of amides is 1. The molecule has 0 saturated heterocycles. The maximum absolute atomic E-state index is 12.7. The Kier molecular flexibility index (Phi) is 4.35. The molecular formula is C17H24N4O2. The fourth-order valence-corrected chi connectivity index (χ4v) is 3.23. The number of hydrogen-bond donors (Lipinski definition) is 2. The summed E-state index contributed by atoms with van der Waals surface area (Å²) in [6.07, 6.45) is 4.88. The standard InChI is InChI=1S/C17H24N4O2/c1-10(2)21-16-13(9-18-21)12(8-11(3)19-16)17(23)20-14-6-4-5-7-15(14)22/h8-10,14-15,22H,4-7H2,1-3H3,(H,20,23)/t14-,15+/m1/s1. The van der Waals surface area contributed by atoms with Crippen LogP contribution in [0.25, 0.3) is 11.0 Å². The van der Waals surface area contributed by atoms with Crippen molar-refractivity contribution in [1.82, 2.24) is 20.1 Å². The SMILES string of the molecule is Cc1cc(C(=O)N[C@@H]2CCCC[C@@H]2O)c2cnn(C(C)C)c2n1. The first-order valence-corrected chi connectivity index (χ1v) is 8.31. The predicted molar refractivity (Wildman–Crippen MR) is 88.4 cm³/mol. The van der Waals surface area contributed by atoms with Crippen LogP contribution in [0.5, 0.6) is 0 Å². The van der Waals surface area contributed by atoms with Crippen LogP contribution in [-0.4, -0.2) is 37.9 Å². The highest BCUT2D eigenvalue weighted by molar-refractivity contribution is 6.05. The molecule has 2 aromatic heterocycles. The molecule has 2 atom stereocenters. The summed E-state index contributed by atoms with van der Waals surface area (Å²) in [6.45, 7) is 5.95. The van der Waals surface area contributed by atoms with Crippen LogP contribution in [0.4, 0.5) is 0 Å². The van der Waals surface area contributed by atoms with Gasteiger partial charge in [-0.1, -0.05) is 12.8 Å². The van der Waals surface area contributed by atoms with Gasteiger partial charge in [-0.15, -0.1) is 0 Å². The first-order chi connectivity index (χ1) is 11.0. The Hall–Kier alpha value is -1.95. The molecule has 1 saturated carbocycles. The number of hydrogen-bond acceptors (Lipinski definition) is 4. The molecule has 0 unspecified atom stereocenters. The second-order valence-corrected chi connectivity index (χ2v) is 6.66. The number of aliphatic hydroxyl groups excluding tert-OH is 1. The molecule has 1 amide bonds. The quantitative estimate of drug-likeness (QED) is 0.911. The molecule has 0 aliphatic heterocycles. The van der Waals surface area contributed by atoms with E-state index in [9.17, 15) is 9.90 Å². The zero-order valence-corrected chi connectivity index (χ0v) is 13.9. The van der Waals surface area contributed by atoms with E-state index in [0.717, 1.165) is 42.4 Å². The van der Waals surface area contributed by atoms with E-state index in [1.165, 1.54) is 0 Å². The molecule has 2 heterocycles. The van der Waals surface area contributed by atoms with Crippen molar-refractivity contribution in [3.63, 3.8) is 0 Å². The summed E-state index contributed by atoms with van der Waals surface area (Å²) in [7, 11) is 0. The molecule has 0 radical (unpaired) electrons. The van der Waals surface area contributed by atoms with Crippen LogP contribution in [0.3, 0.4) is 0 Å². The summed E-state index contributed by atoms with van der Waals surface area (Å²) in [5, 5.41) is 18.2. The molecule has 1 aliphatic rings. The Morgan fingerprint density at radius 1 is 1.39 bits per heavy atom. The maximum Gasteiger partial charge on any atom is 0.252 e. The van der Waals surface area contributed by atoms with Gasteiger partial charge in [-0.3, -0.25) is 4.79 Å². The highest BCUT2D eigenvalue weighted by atomic mass is 16.3. The van der Waals surface area contributed by atoms with E-state index in [2.05, 4.69) is 15.4 Å². The van der Waals surface area contributed by atoms with Crippen molar-refractivity contribution in [3.8, 4) is 0 Å². The van der Waals surface area contributed by atoms with Crippen molar-refractivity contribution < 1.29 is 9.90 Å². The average molecular weight is 316 g/mol. The van der Waals surface area contributed by atoms with Gasteiger partial charge < -0.3 is 10.4 Å². The molecule has 124 valence electrons. The van der Waals surface area contributed by atoms with E-state index in [-0.39, 0.29) is 18.0 Å². The van der Waals surface area contributed by atoms with Gasteiger partial charge in [-0.05, 0) is 39.7 Å². The Balaban J connectivity index is 1.94. The third-order valence-corrected chi connectivity index (χ3v) is 4.47. The molecule has 23 heavy (non-hydrogen) atoms. The van der Waals surface area contributed by atoms with E-state index in [1.54, 1.807) is 12.3 Å². The lowest BCUT2D eigenvalue weighted by atomic mass is 9.92. The van der Waals surface area contributed by atoms with E-state index < -0.39 is 6.10 Å². The number of nitrogens with zero attached hydrogens (tertiary/aromatic N) is 3. The lowest BCUT2D eigenvalue weighted by Crippen LogP contribution is -2.45. The summed E-state index contributed by atoms with van der Waals surface area (Å²) >= 11 is 0. The Morgan fingerprint density at radius 2 is 2.13 bits per heavy atom. The largest absolute Gasteiger partial charge is 0.391 e. The van der Waals surface area contributed by atoms with Gasteiger partial charge in [0.25, 0.3) is 5.91 Å². The number of rotatable bonds is 3. The van der Waals surface area contributed by atoms with Gasteiger partial charge in [0.1, 0.15) is 0 Å². The van der Waals surface area contributed by atoms with Gasteiger partial charge in [-0.25, -0.2) is 9.67 Å². The lowest BCUT2D eigenvalue weighted by Gasteiger charge is -2.28. The Morgan fingerprint density at radius 3 is 2.83 bits per heavy atom. The van der Waals surface area contributed by atoms with Crippen LogP contribution in [0.2, 0.25) is 0 Å². The minimum absolute atomic E-state index is 0.158. The first-order valence-electron chi connectivity index (χ1n) is 8.31. The second kappa shape index (κ2) is 6.28. The minimum atomic E-state index is -0.454. The number of aromatic nitrogens is 3. The monoisotopic (exact) mass is 316 g/mol. The molecule has 3 rings (SSSR count). The van der Waals surface area contributed by atoms with Crippen molar-refractivity contribution in [1.29, 1.82) is 0 Å². The maximum atomic E-state index is 12.7. The highest BCUT2D eigenvalue weighted by Crippen LogP contribution is 2.23. The molecule has 0 bridgehead atoms. The van der Waals surface area contributed by atoms with Crippen LogP contribution in [0.15, 0.2) is 12.3 Å². The fraction of sp³-hybridized carbons (Fsp3) is 0.588. The number of nitrogens with one attached hydrogen (secondary N) is 1. The van der Waals surface area contributed by atoms with E-state index >= 15 is 0 Å². The average Bonchev–Trinajstić information content (AvgIpc) is 2.92. The summed E-state index contributed by atoms with van der Waals surface area (Å²) in [4.78, 5) is 17.2. The zero-order chi connectivity index (χ0) is 16.6. The first kappa shape index (κ1) is 15.9. The van der Waals surface area contributed by atoms with Gasteiger partial charge in [0.2, 0.25) is 0 Å². The number of carbonyl (C=O) groups is 1.